The van der Waals surface area contributed by atoms with Gasteiger partial charge >= 0.3 is 0 Å². The molecular formula is C17H17N3O4S. The first-order valence-corrected chi connectivity index (χ1v) is 8.95. The average Bonchev–Trinajstić information content (AvgIpc) is 3.01. The smallest absolute Gasteiger partial charge is 0.265 e. The molecule has 1 N–H and O–H groups in total. The largest absolute Gasteiger partial charge is 0.495 e. The van der Waals surface area contributed by atoms with E-state index in [9.17, 15) is 8.42 Å². The predicted molar refractivity (Wildman–Crippen MR) is 93.0 cm³/mol. The Morgan fingerprint density at radius 1 is 1.12 bits per heavy atom. The Morgan fingerprint density at radius 3 is 2.60 bits per heavy atom. The molecule has 3 rings (SSSR count). The Balaban J connectivity index is 1.95. The van der Waals surface area contributed by atoms with Gasteiger partial charge in [0.2, 0.25) is 0 Å². The maximum absolute atomic E-state index is 12.7. The van der Waals surface area contributed by atoms with Crippen molar-refractivity contribution in [2.45, 2.75) is 18.7 Å². The van der Waals surface area contributed by atoms with Crippen molar-refractivity contribution in [1.82, 2.24) is 10.1 Å². The molecule has 0 aliphatic carbocycles. The van der Waals surface area contributed by atoms with E-state index in [-0.39, 0.29) is 10.6 Å². The van der Waals surface area contributed by atoms with Crippen LogP contribution in [0.25, 0.3) is 11.5 Å². The van der Waals surface area contributed by atoms with Crippen LogP contribution in [0.3, 0.4) is 0 Å². The van der Waals surface area contributed by atoms with Gasteiger partial charge in [-0.05, 0) is 49.7 Å². The van der Waals surface area contributed by atoms with Crippen LogP contribution in [0.2, 0.25) is 0 Å². The second-order valence-corrected chi connectivity index (χ2v) is 7.14. The second kappa shape index (κ2) is 6.56. The highest BCUT2D eigenvalue weighted by atomic mass is 32.2. The molecule has 0 unspecified atom stereocenters. The molecule has 1 heterocycles. The SMILES string of the molecule is COc1ccc(C)cc1S(=O)(=O)Nc1cccc(-c2nc(C)no2)c1. The lowest BCUT2D eigenvalue weighted by Gasteiger charge is -2.12. The quantitative estimate of drug-likeness (QED) is 0.752. The van der Waals surface area contributed by atoms with Gasteiger partial charge in [-0.15, -0.1) is 0 Å². The van der Waals surface area contributed by atoms with Gasteiger partial charge in [0, 0.05) is 11.3 Å². The number of aryl methyl sites for hydroxylation is 2. The lowest BCUT2D eigenvalue weighted by atomic mass is 10.2. The zero-order valence-electron chi connectivity index (χ0n) is 14.0. The molecule has 8 heteroatoms. The molecule has 0 amide bonds. The Labute approximate surface area is 145 Å². The number of hydrogen-bond acceptors (Lipinski definition) is 6. The minimum absolute atomic E-state index is 0.0778. The van der Waals surface area contributed by atoms with Gasteiger partial charge in [-0.1, -0.05) is 17.3 Å². The van der Waals surface area contributed by atoms with Crippen LogP contribution in [0.15, 0.2) is 51.9 Å². The van der Waals surface area contributed by atoms with Gasteiger partial charge in [0.05, 0.1) is 7.11 Å². The van der Waals surface area contributed by atoms with Crippen molar-refractivity contribution in [1.29, 1.82) is 0 Å². The van der Waals surface area contributed by atoms with Gasteiger partial charge < -0.3 is 9.26 Å². The summed E-state index contributed by atoms with van der Waals surface area (Å²) < 4.78 is 38.3. The summed E-state index contributed by atoms with van der Waals surface area (Å²) in [5, 5.41) is 3.74. The van der Waals surface area contributed by atoms with E-state index in [1.165, 1.54) is 7.11 Å². The van der Waals surface area contributed by atoms with Crippen molar-refractivity contribution in [2.24, 2.45) is 0 Å². The molecule has 0 bridgehead atoms. The Hall–Kier alpha value is -2.87. The third-order valence-corrected chi connectivity index (χ3v) is 4.90. The molecule has 0 aliphatic rings. The molecule has 25 heavy (non-hydrogen) atoms. The number of anilines is 1. The maximum atomic E-state index is 12.7. The molecule has 0 spiro atoms. The first-order valence-electron chi connectivity index (χ1n) is 7.47. The highest BCUT2D eigenvalue weighted by Crippen LogP contribution is 2.28. The Morgan fingerprint density at radius 2 is 1.92 bits per heavy atom. The molecule has 1 aromatic heterocycles. The predicted octanol–water partition coefficient (Wildman–Crippen LogP) is 3.16. The fraction of sp³-hybridized carbons (Fsp3) is 0.176. The van der Waals surface area contributed by atoms with Crippen molar-refractivity contribution >= 4 is 15.7 Å². The minimum atomic E-state index is -3.81. The summed E-state index contributed by atoms with van der Waals surface area (Å²) in [4.78, 5) is 4.22. The number of rotatable bonds is 5. The Kier molecular flexibility index (Phi) is 4.45. The highest BCUT2D eigenvalue weighted by Gasteiger charge is 2.20. The highest BCUT2D eigenvalue weighted by molar-refractivity contribution is 7.92. The van der Waals surface area contributed by atoms with E-state index in [1.807, 2.05) is 6.92 Å². The number of nitrogens with one attached hydrogen (secondary N) is 1. The van der Waals surface area contributed by atoms with E-state index in [0.717, 1.165) is 5.56 Å². The molecular weight excluding hydrogens is 342 g/mol. The normalized spacial score (nSPS) is 11.3. The fourth-order valence-corrected chi connectivity index (χ4v) is 3.64. The van der Waals surface area contributed by atoms with E-state index in [0.29, 0.717) is 23.0 Å². The number of benzene rings is 2. The van der Waals surface area contributed by atoms with Crippen LogP contribution in [0, 0.1) is 13.8 Å². The van der Waals surface area contributed by atoms with Gasteiger partial charge in [0.15, 0.2) is 5.82 Å². The first-order chi connectivity index (χ1) is 11.9. The zero-order valence-corrected chi connectivity index (χ0v) is 14.8. The Bertz CT molecular complexity index is 1010. The topological polar surface area (TPSA) is 94.3 Å². The molecule has 0 radical (unpaired) electrons. The van der Waals surface area contributed by atoms with Crippen molar-refractivity contribution in [3.63, 3.8) is 0 Å². The standard InChI is InChI=1S/C17H17N3O4S/c1-11-7-8-15(23-3)16(9-11)25(21,22)20-14-6-4-5-13(10-14)17-18-12(2)19-24-17/h4-10,20H,1-3H3. The first kappa shape index (κ1) is 17.0. The lowest BCUT2D eigenvalue weighted by molar-refractivity contribution is 0.402. The third kappa shape index (κ3) is 3.63. The molecule has 0 saturated heterocycles. The molecule has 0 fully saturated rings. The molecule has 0 saturated carbocycles. The van der Waals surface area contributed by atoms with Crippen molar-refractivity contribution < 1.29 is 17.7 Å². The molecule has 2 aromatic carbocycles. The number of ether oxygens (including phenoxy) is 1. The third-order valence-electron chi connectivity index (χ3n) is 3.50. The summed E-state index contributed by atoms with van der Waals surface area (Å²) in [6, 6.07) is 11.7. The van der Waals surface area contributed by atoms with E-state index in [1.54, 1.807) is 49.4 Å². The van der Waals surface area contributed by atoms with Crippen molar-refractivity contribution in [3.8, 4) is 17.2 Å². The van der Waals surface area contributed by atoms with Gasteiger partial charge in [-0.2, -0.15) is 4.98 Å². The zero-order chi connectivity index (χ0) is 18.0. The number of aromatic nitrogens is 2. The summed E-state index contributed by atoms with van der Waals surface area (Å²) >= 11 is 0. The van der Waals surface area contributed by atoms with Gasteiger partial charge in [-0.25, -0.2) is 8.42 Å². The van der Waals surface area contributed by atoms with Crippen LogP contribution in [0.1, 0.15) is 11.4 Å². The van der Waals surface area contributed by atoms with Gasteiger partial charge in [0.25, 0.3) is 15.9 Å². The van der Waals surface area contributed by atoms with Crippen molar-refractivity contribution in [3.05, 3.63) is 53.9 Å². The molecule has 3 aromatic rings. The number of methoxy groups -OCH3 is 1. The maximum Gasteiger partial charge on any atom is 0.265 e. The van der Waals surface area contributed by atoms with E-state index < -0.39 is 10.0 Å². The van der Waals surface area contributed by atoms with Gasteiger partial charge in [-0.3, -0.25) is 4.72 Å². The number of sulfonamides is 1. The molecule has 7 nitrogen and oxygen atoms in total. The van der Waals surface area contributed by atoms with E-state index >= 15 is 0 Å². The second-order valence-electron chi connectivity index (χ2n) is 5.49. The fourth-order valence-electron chi connectivity index (χ4n) is 2.33. The number of hydrogen-bond donors (Lipinski definition) is 1. The van der Waals surface area contributed by atoms with Crippen LogP contribution >= 0.6 is 0 Å². The van der Waals surface area contributed by atoms with Crippen molar-refractivity contribution in [2.75, 3.05) is 11.8 Å². The van der Waals surface area contributed by atoms with E-state index in [4.69, 9.17) is 9.26 Å². The minimum Gasteiger partial charge on any atom is -0.495 e. The average molecular weight is 359 g/mol. The van der Waals surface area contributed by atoms with Crippen LogP contribution < -0.4 is 9.46 Å². The van der Waals surface area contributed by atoms with E-state index in [2.05, 4.69) is 14.9 Å². The summed E-state index contributed by atoms with van der Waals surface area (Å²) in [5.41, 5.74) is 1.82. The van der Waals surface area contributed by atoms with Crippen LogP contribution in [0.5, 0.6) is 5.75 Å². The summed E-state index contributed by atoms with van der Waals surface area (Å²) in [5.74, 6) is 1.11. The summed E-state index contributed by atoms with van der Waals surface area (Å²) in [7, 11) is -2.38. The van der Waals surface area contributed by atoms with Crippen LogP contribution in [-0.4, -0.2) is 25.7 Å². The lowest BCUT2D eigenvalue weighted by Crippen LogP contribution is -2.14. The monoisotopic (exact) mass is 359 g/mol. The number of nitrogens with zero attached hydrogens (tertiary/aromatic N) is 2. The van der Waals surface area contributed by atoms with Crippen LogP contribution in [-0.2, 0) is 10.0 Å². The summed E-state index contributed by atoms with van der Waals surface area (Å²) in [6.45, 7) is 3.53. The van der Waals surface area contributed by atoms with Gasteiger partial charge in [0.1, 0.15) is 10.6 Å². The van der Waals surface area contributed by atoms with Crippen LogP contribution in [0.4, 0.5) is 5.69 Å². The molecule has 130 valence electrons. The molecule has 0 atom stereocenters. The summed E-state index contributed by atoms with van der Waals surface area (Å²) in [6.07, 6.45) is 0. The molecule has 0 aliphatic heterocycles.